The Bertz CT molecular complexity index is 2040. The van der Waals surface area contributed by atoms with Crippen LogP contribution in [0.4, 0.5) is 5.69 Å². The van der Waals surface area contributed by atoms with Crippen LogP contribution in [0, 0.1) is 0 Å². The second-order valence-electron chi connectivity index (χ2n) is 12.9. The molecule has 12 nitrogen and oxygen atoms in total. The molecule has 1 atom stereocenters. The quantitative estimate of drug-likeness (QED) is 0.0513. The van der Waals surface area contributed by atoms with Crippen molar-refractivity contribution < 1.29 is 44.0 Å². The molecule has 0 saturated carbocycles. The van der Waals surface area contributed by atoms with Gasteiger partial charge < -0.3 is 49.8 Å². The first kappa shape index (κ1) is 38.6. The molecule has 1 aliphatic rings. The van der Waals surface area contributed by atoms with Crippen LogP contribution in [0.5, 0.6) is 17.2 Å². The number of nitrogens with one attached hydrogen (secondary N) is 2. The van der Waals surface area contributed by atoms with E-state index in [9.17, 15) is 25.2 Å². The van der Waals surface area contributed by atoms with Crippen LogP contribution in [0.15, 0.2) is 77.3 Å². The van der Waals surface area contributed by atoms with Gasteiger partial charge in [-0.25, -0.2) is 0 Å². The molecule has 1 unspecified atom stereocenters. The van der Waals surface area contributed by atoms with Gasteiger partial charge in [-0.15, -0.1) is 0 Å². The Morgan fingerprint density at radius 3 is 2.07 bits per heavy atom. The molecule has 6 rings (SSSR count). The van der Waals surface area contributed by atoms with Gasteiger partial charge in [-0.3, -0.25) is 4.79 Å². The summed E-state index contributed by atoms with van der Waals surface area (Å²) in [6.07, 6.45) is 4.22. The van der Waals surface area contributed by atoms with Gasteiger partial charge in [0.25, 0.3) is 5.91 Å². The smallest absolute Gasteiger partial charge is 0.255 e. The van der Waals surface area contributed by atoms with E-state index in [1.54, 1.807) is 43.5 Å². The number of aliphatic hydroxyl groups excluding tert-OH is 4. The molecule has 0 aliphatic carbocycles. The summed E-state index contributed by atoms with van der Waals surface area (Å²) in [5.41, 5.74) is 6.12. The summed E-state index contributed by atoms with van der Waals surface area (Å²) in [5.74, 6) is 2.04. The first-order valence-corrected chi connectivity index (χ1v) is 18.2. The number of benzene rings is 4. The van der Waals surface area contributed by atoms with Gasteiger partial charge in [-0.1, -0.05) is 42.1 Å². The minimum absolute atomic E-state index is 0.192. The maximum absolute atomic E-state index is 12.6. The largest absolute Gasteiger partial charge is 0.493 e. The number of fused-ring (bicyclic) bond motifs is 1. The lowest BCUT2D eigenvalue weighted by molar-refractivity contribution is 0.0935. The van der Waals surface area contributed by atoms with E-state index >= 15 is 0 Å². The standard InChI is InChI=1S/C41H44ClN3O9/c1-51-37-12-7-25(35-20-38(54-45-35)27-16-28(21-46)33(24-49)29(17-27)22-47)18-39(37)53-14-6-4-2-3-5-13-52-36-11-8-26(15-30(36)23-48)40-43-34-10-9-31(42)19-32(34)41(50)44-40/h7-12,15-20,40,43,46-49H,2-6,13-14,21-24H2,1H3,(H,44,50). The molecule has 13 heteroatoms. The number of carbonyl (C=O) groups excluding carboxylic acids is 1. The average Bonchev–Trinajstić information content (AvgIpc) is 3.70. The molecule has 1 aromatic heterocycles. The number of halogens is 1. The molecule has 0 spiro atoms. The number of unbranched alkanes of at least 4 members (excludes halogenated alkanes) is 4. The Hall–Kier alpha value is -5.11. The molecule has 54 heavy (non-hydrogen) atoms. The highest BCUT2D eigenvalue weighted by molar-refractivity contribution is 6.31. The van der Waals surface area contributed by atoms with Crippen LogP contribution in [-0.2, 0) is 26.4 Å². The predicted octanol–water partition coefficient (Wildman–Crippen LogP) is 6.90. The maximum atomic E-state index is 12.6. The number of hydrogen-bond donors (Lipinski definition) is 6. The number of hydrogen-bond acceptors (Lipinski definition) is 11. The van der Waals surface area contributed by atoms with Gasteiger partial charge in [-0.05, 0) is 95.8 Å². The van der Waals surface area contributed by atoms with Gasteiger partial charge >= 0.3 is 0 Å². The molecule has 0 radical (unpaired) electrons. The van der Waals surface area contributed by atoms with Crippen molar-refractivity contribution in [3.05, 3.63) is 111 Å². The third-order valence-electron chi connectivity index (χ3n) is 9.38. The molecular formula is C41H44ClN3O9. The monoisotopic (exact) mass is 757 g/mol. The summed E-state index contributed by atoms with van der Waals surface area (Å²) in [5, 5.41) is 50.3. The number of anilines is 1. The van der Waals surface area contributed by atoms with Gasteiger partial charge in [0.1, 0.15) is 17.6 Å². The number of methoxy groups -OCH3 is 1. The van der Waals surface area contributed by atoms with Crippen molar-refractivity contribution in [3.8, 4) is 39.8 Å². The van der Waals surface area contributed by atoms with Crippen LogP contribution >= 0.6 is 11.6 Å². The molecule has 2 heterocycles. The van der Waals surface area contributed by atoms with E-state index in [4.69, 9.17) is 30.3 Å². The molecule has 5 aromatic rings. The van der Waals surface area contributed by atoms with Crippen LogP contribution in [-0.4, -0.2) is 51.8 Å². The fraction of sp³-hybridized carbons (Fsp3) is 0.317. The minimum atomic E-state index is -0.450. The highest BCUT2D eigenvalue weighted by Crippen LogP contribution is 2.35. The first-order chi connectivity index (χ1) is 26.3. The Morgan fingerprint density at radius 1 is 0.704 bits per heavy atom. The fourth-order valence-corrected chi connectivity index (χ4v) is 6.63. The molecule has 4 aromatic carbocycles. The normalized spacial score (nSPS) is 13.6. The van der Waals surface area contributed by atoms with Crippen LogP contribution in [0.3, 0.4) is 0 Å². The van der Waals surface area contributed by atoms with E-state index in [1.807, 2.05) is 36.4 Å². The second-order valence-corrected chi connectivity index (χ2v) is 13.4. The van der Waals surface area contributed by atoms with Gasteiger partial charge in [0.2, 0.25) is 0 Å². The third-order valence-corrected chi connectivity index (χ3v) is 9.62. The van der Waals surface area contributed by atoms with Crippen LogP contribution in [0.2, 0.25) is 5.02 Å². The lowest BCUT2D eigenvalue weighted by atomic mass is 9.97. The van der Waals surface area contributed by atoms with Crippen molar-refractivity contribution in [2.45, 2.75) is 64.7 Å². The van der Waals surface area contributed by atoms with Crippen LogP contribution in [0.25, 0.3) is 22.6 Å². The second kappa shape index (κ2) is 18.3. The summed E-state index contributed by atoms with van der Waals surface area (Å²) >= 11 is 6.05. The SMILES string of the molecule is COc1ccc(-c2cc(-c3cc(CO)c(CO)c(CO)c3)on2)cc1OCCCCCCCOc1ccc(C2NC(=O)c3cc(Cl)ccc3N2)cc1CO. The van der Waals surface area contributed by atoms with Gasteiger partial charge in [-0.2, -0.15) is 0 Å². The van der Waals surface area contributed by atoms with Gasteiger partial charge in [0.15, 0.2) is 17.3 Å². The van der Waals surface area contributed by atoms with E-state index in [-0.39, 0.29) is 32.3 Å². The number of amides is 1. The fourth-order valence-electron chi connectivity index (χ4n) is 6.46. The Morgan fingerprint density at radius 2 is 1.39 bits per heavy atom. The lowest BCUT2D eigenvalue weighted by Gasteiger charge is -2.28. The average molecular weight is 758 g/mol. The predicted molar refractivity (Wildman–Crippen MR) is 203 cm³/mol. The molecular weight excluding hydrogens is 714 g/mol. The zero-order chi connectivity index (χ0) is 38.0. The van der Waals surface area contributed by atoms with E-state index in [2.05, 4.69) is 15.8 Å². The minimum Gasteiger partial charge on any atom is -0.493 e. The number of rotatable bonds is 18. The zero-order valence-corrected chi connectivity index (χ0v) is 30.7. The molecule has 1 aliphatic heterocycles. The van der Waals surface area contributed by atoms with E-state index in [0.29, 0.717) is 86.0 Å². The van der Waals surface area contributed by atoms with Crippen molar-refractivity contribution in [2.75, 3.05) is 25.6 Å². The number of aliphatic hydroxyl groups is 4. The molecule has 1 amide bonds. The number of carbonyl (C=O) groups is 1. The van der Waals surface area contributed by atoms with Crippen molar-refractivity contribution >= 4 is 23.2 Å². The Kier molecular flexibility index (Phi) is 13.1. The highest BCUT2D eigenvalue weighted by Gasteiger charge is 2.25. The molecule has 0 fully saturated rings. The van der Waals surface area contributed by atoms with Gasteiger partial charge in [0, 0.05) is 33.5 Å². The molecule has 0 saturated heterocycles. The van der Waals surface area contributed by atoms with Crippen LogP contribution in [0.1, 0.15) is 76.4 Å². The molecule has 284 valence electrons. The lowest BCUT2D eigenvalue weighted by Crippen LogP contribution is -2.38. The molecule has 0 bridgehead atoms. The maximum Gasteiger partial charge on any atom is 0.255 e. The number of nitrogens with zero attached hydrogens (tertiary/aromatic N) is 1. The van der Waals surface area contributed by atoms with E-state index in [1.165, 1.54) is 0 Å². The zero-order valence-electron chi connectivity index (χ0n) is 29.9. The van der Waals surface area contributed by atoms with Gasteiger partial charge in [0.05, 0.1) is 52.3 Å². The van der Waals surface area contributed by atoms with Crippen LogP contribution < -0.4 is 24.8 Å². The van der Waals surface area contributed by atoms with Crippen molar-refractivity contribution in [3.63, 3.8) is 0 Å². The summed E-state index contributed by atoms with van der Waals surface area (Å²) in [6.45, 7) is -0.0375. The summed E-state index contributed by atoms with van der Waals surface area (Å²) < 4.78 is 23.3. The molecule has 6 N–H and O–H groups in total. The summed E-state index contributed by atoms with van der Waals surface area (Å²) in [7, 11) is 1.59. The third kappa shape index (κ3) is 8.98. The van der Waals surface area contributed by atoms with E-state index < -0.39 is 6.17 Å². The summed E-state index contributed by atoms with van der Waals surface area (Å²) in [4.78, 5) is 12.6. The topological polar surface area (TPSA) is 176 Å². The number of aromatic nitrogens is 1. The summed E-state index contributed by atoms with van der Waals surface area (Å²) in [6, 6.07) is 21.4. The van der Waals surface area contributed by atoms with Crippen molar-refractivity contribution in [1.29, 1.82) is 0 Å². The first-order valence-electron chi connectivity index (χ1n) is 17.8. The van der Waals surface area contributed by atoms with E-state index in [0.717, 1.165) is 43.2 Å². The van der Waals surface area contributed by atoms with Crippen molar-refractivity contribution in [1.82, 2.24) is 10.5 Å². The number of ether oxygens (including phenoxy) is 3. The Labute approximate surface area is 318 Å². The van der Waals surface area contributed by atoms with Crippen molar-refractivity contribution in [2.24, 2.45) is 0 Å². The Balaban J connectivity index is 0.948. The highest BCUT2D eigenvalue weighted by atomic mass is 35.5.